The van der Waals surface area contributed by atoms with E-state index in [-0.39, 0.29) is 0 Å². The van der Waals surface area contributed by atoms with Crippen molar-refractivity contribution in [2.75, 3.05) is 0 Å². The van der Waals surface area contributed by atoms with Gasteiger partial charge in [0, 0.05) is 12.5 Å². The number of carbonyl (C=O) groups is 1. The van der Waals surface area contributed by atoms with Gasteiger partial charge in [-0.2, -0.15) is 0 Å². The van der Waals surface area contributed by atoms with Crippen molar-refractivity contribution in [3.63, 3.8) is 0 Å². The fourth-order valence-electron chi connectivity index (χ4n) is 0.729. The molecule has 0 bridgehead atoms. The summed E-state index contributed by atoms with van der Waals surface area (Å²) >= 11 is 0. The lowest BCUT2D eigenvalue weighted by atomic mass is 10.1. The van der Waals surface area contributed by atoms with Crippen LogP contribution in [0.5, 0.6) is 0 Å². The van der Waals surface area contributed by atoms with Crippen LogP contribution in [-0.4, -0.2) is 5.78 Å². The first-order valence-corrected chi connectivity index (χ1v) is 3.01. The summed E-state index contributed by atoms with van der Waals surface area (Å²) in [4.78, 5) is 13.7. The van der Waals surface area contributed by atoms with E-state index in [1.165, 1.54) is 6.07 Å². The Morgan fingerprint density at radius 1 is 1.55 bits per heavy atom. The molecule has 0 atom stereocenters. The van der Waals surface area contributed by atoms with Crippen molar-refractivity contribution >= 4 is 11.5 Å². The Hall–Kier alpha value is -1.62. The first-order valence-electron chi connectivity index (χ1n) is 3.01. The van der Waals surface area contributed by atoms with E-state index in [4.69, 9.17) is 13.5 Å². The molecule has 2 radical (unpaired) electrons. The summed E-state index contributed by atoms with van der Waals surface area (Å²) in [5.41, 5.74) is 0.805. The summed E-state index contributed by atoms with van der Waals surface area (Å²) in [6.07, 6.45) is 0. The number of carbonyl (C=O) groups excluding carboxylic acids is 1. The average Bonchev–Trinajstić information content (AvgIpc) is 2.05. The molecule has 0 heterocycles. The summed E-state index contributed by atoms with van der Waals surface area (Å²) in [5.74, 6) is -0.504. The zero-order valence-corrected chi connectivity index (χ0v) is 5.74. The maximum atomic E-state index is 10.6. The molecule has 2 nitrogen and oxygen atoms in total. The van der Waals surface area contributed by atoms with Gasteiger partial charge in [-0.05, 0) is 6.07 Å². The van der Waals surface area contributed by atoms with Crippen LogP contribution in [0.25, 0.3) is 4.85 Å². The predicted molar refractivity (Wildman–Crippen MR) is 41.3 cm³/mol. The molecule has 0 saturated heterocycles. The topological polar surface area (TPSA) is 21.4 Å². The first-order chi connectivity index (χ1) is 5.24. The molecule has 1 aromatic carbocycles. The molecule has 0 aliphatic rings. The van der Waals surface area contributed by atoms with Gasteiger partial charge in [-0.15, -0.1) is 0 Å². The second-order valence-electron chi connectivity index (χ2n) is 2.03. The second-order valence-corrected chi connectivity index (χ2v) is 2.03. The monoisotopic (exact) mass is 143 g/mol. The molecule has 0 spiro atoms. The number of ketones is 1. The van der Waals surface area contributed by atoms with E-state index in [9.17, 15) is 4.79 Å². The van der Waals surface area contributed by atoms with Crippen LogP contribution in [0.3, 0.4) is 0 Å². The maximum absolute atomic E-state index is 10.6. The zero-order valence-electron chi connectivity index (χ0n) is 5.74. The van der Waals surface area contributed by atoms with Crippen LogP contribution in [0.15, 0.2) is 24.3 Å². The minimum Gasteiger partial charge on any atom is -0.294 e. The Morgan fingerprint density at radius 2 is 2.27 bits per heavy atom. The Bertz CT molecular complexity index is 323. The van der Waals surface area contributed by atoms with E-state index in [1.807, 2.05) is 0 Å². The molecule has 52 valence electrons. The van der Waals surface area contributed by atoms with E-state index in [0.717, 1.165) is 0 Å². The molecule has 0 fully saturated rings. The first kappa shape index (κ1) is 7.49. The predicted octanol–water partition coefficient (Wildman–Crippen LogP) is 2.13. The van der Waals surface area contributed by atoms with Gasteiger partial charge < -0.3 is 0 Å². The van der Waals surface area contributed by atoms with Crippen LogP contribution in [0.1, 0.15) is 10.4 Å². The van der Waals surface area contributed by atoms with Crippen molar-refractivity contribution in [3.05, 3.63) is 48.2 Å². The Kier molecular flexibility index (Phi) is 2.03. The van der Waals surface area contributed by atoms with Crippen LogP contribution < -0.4 is 0 Å². The summed E-state index contributed by atoms with van der Waals surface area (Å²) < 4.78 is 0. The minimum atomic E-state index is -0.504. The number of hydrogen-bond donors (Lipinski definition) is 0. The van der Waals surface area contributed by atoms with Crippen molar-refractivity contribution < 1.29 is 4.79 Å². The van der Waals surface area contributed by atoms with Gasteiger partial charge in [-0.25, -0.2) is 4.85 Å². The second kappa shape index (κ2) is 2.98. The molecule has 1 aromatic rings. The average molecular weight is 143 g/mol. The van der Waals surface area contributed by atoms with Crippen LogP contribution in [-0.2, 0) is 0 Å². The number of rotatable bonds is 1. The normalized spacial score (nSPS) is 8.73. The zero-order chi connectivity index (χ0) is 8.27. The van der Waals surface area contributed by atoms with Gasteiger partial charge in [0.15, 0.2) is 11.5 Å². The van der Waals surface area contributed by atoms with Gasteiger partial charge in [0.1, 0.15) is 0 Å². The number of hydrogen-bond acceptors (Lipinski definition) is 1. The van der Waals surface area contributed by atoms with Crippen LogP contribution in [0.2, 0.25) is 0 Å². The molecule has 2 heteroatoms. The molecule has 0 aliphatic carbocycles. The molecule has 1 rings (SSSR count). The SMILES string of the molecule is [C-]#[N+]c1cccc(C([CH])=O)c1. The smallest absolute Gasteiger partial charge is 0.187 e. The van der Waals surface area contributed by atoms with Gasteiger partial charge in [-0.1, -0.05) is 18.2 Å². The van der Waals surface area contributed by atoms with Crippen LogP contribution >= 0.6 is 0 Å². The highest BCUT2D eigenvalue weighted by Gasteiger charge is 1.98. The number of nitrogens with zero attached hydrogens (tertiary/aromatic N) is 1. The van der Waals surface area contributed by atoms with Crippen molar-refractivity contribution in [1.29, 1.82) is 0 Å². The Morgan fingerprint density at radius 3 is 2.82 bits per heavy atom. The molecule has 0 aromatic heterocycles. The Balaban J connectivity index is 3.13. The summed E-state index contributed by atoms with van der Waals surface area (Å²) in [5, 5.41) is 0. The largest absolute Gasteiger partial charge is 0.294 e. The van der Waals surface area contributed by atoms with Gasteiger partial charge in [0.2, 0.25) is 0 Å². The third kappa shape index (κ3) is 1.65. The fourth-order valence-corrected chi connectivity index (χ4v) is 0.729. The van der Waals surface area contributed by atoms with Gasteiger partial charge in [-0.3, -0.25) is 4.79 Å². The lowest BCUT2D eigenvalue weighted by Crippen LogP contribution is -1.89. The van der Waals surface area contributed by atoms with E-state index >= 15 is 0 Å². The summed E-state index contributed by atoms with van der Waals surface area (Å²) in [6.45, 7) is 11.6. The van der Waals surface area contributed by atoms with Crippen LogP contribution in [0.4, 0.5) is 5.69 Å². The summed E-state index contributed by atoms with van der Waals surface area (Å²) in [7, 11) is 0. The quantitative estimate of drug-likeness (QED) is 0.436. The van der Waals surface area contributed by atoms with Crippen molar-refractivity contribution in [2.45, 2.75) is 0 Å². The minimum absolute atomic E-state index is 0.374. The summed E-state index contributed by atoms with van der Waals surface area (Å²) in [6, 6.07) is 6.30. The van der Waals surface area contributed by atoms with Gasteiger partial charge in [0.25, 0.3) is 0 Å². The lowest BCUT2D eigenvalue weighted by Gasteiger charge is -1.93. The third-order valence-corrected chi connectivity index (χ3v) is 1.26. The third-order valence-electron chi connectivity index (χ3n) is 1.26. The molecule has 0 unspecified atom stereocenters. The lowest BCUT2D eigenvalue weighted by molar-refractivity contribution is 0.104. The molecule has 0 N–H and O–H groups in total. The number of benzene rings is 1. The molecule has 0 amide bonds. The maximum Gasteiger partial charge on any atom is 0.187 e. The van der Waals surface area contributed by atoms with E-state index < -0.39 is 5.78 Å². The van der Waals surface area contributed by atoms with Crippen LogP contribution in [0, 0.1) is 13.5 Å². The van der Waals surface area contributed by atoms with Crippen molar-refractivity contribution in [2.24, 2.45) is 0 Å². The highest BCUT2D eigenvalue weighted by molar-refractivity contribution is 5.99. The van der Waals surface area contributed by atoms with Crippen molar-refractivity contribution in [1.82, 2.24) is 0 Å². The molecule has 0 saturated carbocycles. The van der Waals surface area contributed by atoms with Gasteiger partial charge >= 0.3 is 0 Å². The standard InChI is InChI=1S/C9H5NO/c1-7(11)8-4-3-5-9(6-8)10-2/h1,3-6H. The highest BCUT2D eigenvalue weighted by Crippen LogP contribution is 2.13. The Labute approximate surface area is 65.3 Å². The van der Waals surface area contributed by atoms with E-state index in [2.05, 4.69) is 4.85 Å². The molecule has 11 heavy (non-hydrogen) atoms. The van der Waals surface area contributed by atoms with E-state index in [0.29, 0.717) is 11.3 Å². The van der Waals surface area contributed by atoms with Crippen molar-refractivity contribution in [3.8, 4) is 0 Å². The molecule has 0 aliphatic heterocycles. The van der Waals surface area contributed by atoms with E-state index in [1.54, 1.807) is 18.2 Å². The highest BCUT2D eigenvalue weighted by atomic mass is 16.1. The number of Topliss-reactive ketones (excluding diaryl/α,β-unsaturated/α-hetero) is 1. The molecular weight excluding hydrogens is 138 g/mol. The fraction of sp³-hybridized carbons (Fsp3) is 0. The molecular formula is C9H5NO. The van der Waals surface area contributed by atoms with Gasteiger partial charge in [0.05, 0.1) is 6.57 Å².